The molecule has 0 saturated heterocycles. The number of hydrogen-bond acceptors (Lipinski definition) is 5. The van der Waals surface area contributed by atoms with Gasteiger partial charge in [-0.05, 0) is 24.8 Å². The summed E-state index contributed by atoms with van der Waals surface area (Å²) in [6, 6.07) is 7.10. The molecule has 2 heterocycles. The monoisotopic (exact) mass is 368 g/mol. The van der Waals surface area contributed by atoms with E-state index < -0.39 is 0 Å². The minimum Gasteiger partial charge on any atom is -0.296 e. The largest absolute Gasteiger partial charge is 0.296 e. The maximum atomic E-state index is 12.8. The van der Waals surface area contributed by atoms with E-state index in [4.69, 9.17) is 0 Å². The van der Waals surface area contributed by atoms with E-state index >= 15 is 0 Å². The standard InChI is InChI=1S/C19H20N4O2S/c1-11(2)9-23-18(25)14-6-4-3-5-13(14)16(22-23)17(24)21-19-20-15(10-26-19)12-7-8-12/h3-6,10-12H,7-9H2,1-2H3,(H,20,21,24). The summed E-state index contributed by atoms with van der Waals surface area (Å²) in [6.45, 7) is 4.49. The number of fused-ring (bicyclic) bond motifs is 1. The fourth-order valence-electron chi connectivity index (χ4n) is 2.94. The summed E-state index contributed by atoms with van der Waals surface area (Å²) in [4.78, 5) is 30.0. The number of aromatic nitrogens is 3. The van der Waals surface area contributed by atoms with Gasteiger partial charge in [-0.25, -0.2) is 9.67 Å². The van der Waals surface area contributed by atoms with Crippen molar-refractivity contribution in [3.8, 4) is 0 Å². The molecule has 0 atom stereocenters. The van der Waals surface area contributed by atoms with Crippen LogP contribution in [0.15, 0.2) is 34.4 Å². The summed E-state index contributed by atoms with van der Waals surface area (Å²) in [7, 11) is 0. The van der Waals surface area contributed by atoms with Crippen molar-refractivity contribution < 1.29 is 4.79 Å². The van der Waals surface area contributed by atoms with Crippen molar-refractivity contribution in [1.82, 2.24) is 14.8 Å². The molecule has 1 fully saturated rings. The number of nitrogens with zero attached hydrogens (tertiary/aromatic N) is 3. The summed E-state index contributed by atoms with van der Waals surface area (Å²) < 4.78 is 1.39. The summed E-state index contributed by atoms with van der Waals surface area (Å²) in [6.07, 6.45) is 2.34. The predicted molar refractivity (Wildman–Crippen MR) is 103 cm³/mol. The van der Waals surface area contributed by atoms with Crippen LogP contribution in [0.25, 0.3) is 10.8 Å². The van der Waals surface area contributed by atoms with Gasteiger partial charge in [-0.3, -0.25) is 14.9 Å². The van der Waals surface area contributed by atoms with Crippen LogP contribution < -0.4 is 10.9 Å². The molecule has 0 spiro atoms. The molecule has 6 nitrogen and oxygen atoms in total. The maximum Gasteiger partial charge on any atom is 0.278 e. The van der Waals surface area contributed by atoms with Crippen molar-refractivity contribution in [2.24, 2.45) is 5.92 Å². The Kier molecular flexibility index (Phi) is 4.32. The van der Waals surface area contributed by atoms with Crippen molar-refractivity contribution in [1.29, 1.82) is 0 Å². The van der Waals surface area contributed by atoms with Crippen LogP contribution in [0.5, 0.6) is 0 Å². The lowest BCUT2D eigenvalue weighted by molar-refractivity contribution is 0.102. The van der Waals surface area contributed by atoms with E-state index in [0.717, 1.165) is 5.69 Å². The lowest BCUT2D eigenvalue weighted by atomic mass is 10.1. The Hall–Kier alpha value is -2.54. The number of hydrogen-bond donors (Lipinski definition) is 1. The summed E-state index contributed by atoms with van der Waals surface area (Å²) in [5.74, 6) is 0.455. The highest BCUT2D eigenvalue weighted by Gasteiger charge is 2.26. The highest BCUT2D eigenvalue weighted by molar-refractivity contribution is 7.14. The molecule has 1 aromatic carbocycles. The normalized spacial score (nSPS) is 14.1. The Bertz CT molecular complexity index is 1030. The Labute approximate surface area is 154 Å². The molecular weight excluding hydrogens is 348 g/mol. The molecule has 0 radical (unpaired) electrons. The van der Waals surface area contributed by atoms with Crippen LogP contribution in [0.2, 0.25) is 0 Å². The van der Waals surface area contributed by atoms with Gasteiger partial charge in [-0.15, -0.1) is 11.3 Å². The highest BCUT2D eigenvalue weighted by atomic mass is 32.1. The molecule has 0 bridgehead atoms. The quantitative estimate of drug-likeness (QED) is 0.746. The molecule has 1 saturated carbocycles. The average molecular weight is 368 g/mol. The van der Waals surface area contributed by atoms with Crippen molar-refractivity contribution in [2.75, 3.05) is 5.32 Å². The van der Waals surface area contributed by atoms with E-state index in [2.05, 4.69) is 15.4 Å². The van der Waals surface area contributed by atoms with E-state index in [0.29, 0.717) is 28.4 Å². The van der Waals surface area contributed by atoms with Gasteiger partial charge < -0.3 is 0 Å². The van der Waals surface area contributed by atoms with Crippen molar-refractivity contribution in [3.05, 3.63) is 51.4 Å². The van der Waals surface area contributed by atoms with Gasteiger partial charge in [0.2, 0.25) is 0 Å². The SMILES string of the molecule is CC(C)Cn1nc(C(=O)Nc2nc(C3CC3)cs2)c2ccccc2c1=O. The number of anilines is 1. The van der Waals surface area contributed by atoms with Crippen LogP contribution in [0.1, 0.15) is 48.8 Å². The third-order valence-electron chi connectivity index (χ3n) is 4.36. The lowest BCUT2D eigenvalue weighted by Crippen LogP contribution is -2.29. The third kappa shape index (κ3) is 3.26. The number of carbonyl (C=O) groups is 1. The Morgan fingerprint density at radius 2 is 2.04 bits per heavy atom. The molecular formula is C19H20N4O2S. The molecule has 0 aliphatic heterocycles. The number of amides is 1. The Morgan fingerprint density at radius 1 is 1.31 bits per heavy atom. The Balaban J connectivity index is 1.72. The average Bonchev–Trinajstić information content (AvgIpc) is 3.37. The van der Waals surface area contributed by atoms with Crippen LogP contribution in [0.4, 0.5) is 5.13 Å². The predicted octanol–water partition coefficient (Wildman–Crippen LogP) is 3.64. The van der Waals surface area contributed by atoms with E-state index in [1.807, 2.05) is 25.3 Å². The van der Waals surface area contributed by atoms with E-state index in [-0.39, 0.29) is 23.1 Å². The molecule has 1 amide bonds. The zero-order chi connectivity index (χ0) is 18.3. The first kappa shape index (κ1) is 16.9. The van der Waals surface area contributed by atoms with Gasteiger partial charge >= 0.3 is 0 Å². The second-order valence-corrected chi connectivity index (χ2v) is 7.94. The third-order valence-corrected chi connectivity index (χ3v) is 5.13. The highest BCUT2D eigenvalue weighted by Crippen LogP contribution is 2.40. The zero-order valence-corrected chi connectivity index (χ0v) is 15.5. The number of benzene rings is 1. The zero-order valence-electron chi connectivity index (χ0n) is 14.7. The summed E-state index contributed by atoms with van der Waals surface area (Å²) in [5, 5.41) is 10.8. The fourth-order valence-corrected chi connectivity index (χ4v) is 3.73. The number of thiazole rings is 1. The topological polar surface area (TPSA) is 76.9 Å². The fraction of sp³-hybridized carbons (Fsp3) is 0.368. The minimum atomic E-state index is -0.338. The van der Waals surface area contributed by atoms with Gasteiger partial charge in [0.1, 0.15) is 0 Å². The first-order chi connectivity index (χ1) is 12.5. The summed E-state index contributed by atoms with van der Waals surface area (Å²) in [5.41, 5.74) is 1.13. The van der Waals surface area contributed by atoms with Crippen molar-refractivity contribution in [3.63, 3.8) is 0 Å². The number of rotatable bonds is 5. The summed E-state index contributed by atoms with van der Waals surface area (Å²) >= 11 is 1.42. The van der Waals surface area contributed by atoms with E-state index in [1.54, 1.807) is 18.2 Å². The molecule has 2 aromatic heterocycles. The van der Waals surface area contributed by atoms with Gasteiger partial charge in [0.05, 0.1) is 11.1 Å². The smallest absolute Gasteiger partial charge is 0.278 e. The molecule has 3 aromatic rings. The Morgan fingerprint density at radius 3 is 2.73 bits per heavy atom. The molecule has 26 heavy (non-hydrogen) atoms. The minimum absolute atomic E-state index is 0.170. The molecule has 1 aliphatic carbocycles. The van der Waals surface area contributed by atoms with Crippen molar-refractivity contribution in [2.45, 2.75) is 39.2 Å². The van der Waals surface area contributed by atoms with Crippen LogP contribution in [0.3, 0.4) is 0 Å². The van der Waals surface area contributed by atoms with Gasteiger partial charge in [0.15, 0.2) is 10.8 Å². The van der Waals surface area contributed by atoms with Crippen LogP contribution in [0, 0.1) is 5.92 Å². The second-order valence-electron chi connectivity index (χ2n) is 7.08. The van der Waals surface area contributed by atoms with Crippen LogP contribution in [-0.4, -0.2) is 20.7 Å². The molecule has 1 N–H and O–H groups in total. The van der Waals surface area contributed by atoms with Gasteiger partial charge in [0.25, 0.3) is 11.5 Å². The van der Waals surface area contributed by atoms with Crippen LogP contribution in [-0.2, 0) is 6.54 Å². The van der Waals surface area contributed by atoms with Crippen LogP contribution >= 0.6 is 11.3 Å². The maximum absolute atomic E-state index is 12.8. The lowest BCUT2D eigenvalue weighted by Gasteiger charge is -2.12. The molecule has 0 unspecified atom stereocenters. The van der Waals surface area contributed by atoms with Gasteiger partial charge in [0, 0.05) is 23.2 Å². The first-order valence-corrected chi connectivity index (χ1v) is 9.67. The second kappa shape index (κ2) is 6.64. The number of carbonyl (C=O) groups excluding carboxylic acids is 1. The van der Waals surface area contributed by atoms with Gasteiger partial charge in [-0.2, -0.15) is 5.10 Å². The van der Waals surface area contributed by atoms with Gasteiger partial charge in [-0.1, -0.05) is 32.0 Å². The molecule has 7 heteroatoms. The number of nitrogens with one attached hydrogen (secondary N) is 1. The van der Waals surface area contributed by atoms with E-state index in [1.165, 1.54) is 28.9 Å². The van der Waals surface area contributed by atoms with E-state index in [9.17, 15) is 9.59 Å². The molecule has 1 aliphatic rings. The first-order valence-electron chi connectivity index (χ1n) is 8.79. The van der Waals surface area contributed by atoms with Crippen molar-refractivity contribution >= 4 is 33.1 Å². The molecule has 134 valence electrons. The molecule has 4 rings (SSSR count).